The van der Waals surface area contributed by atoms with Crippen LogP contribution >= 0.6 is 12.2 Å². The molecule has 0 bridgehead atoms. The van der Waals surface area contributed by atoms with E-state index in [0.717, 1.165) is 5.82 Å². The molecule has 4 heteroatoms. The predicted molar refractivity (Wildman–Crippen MR) is 64.5 cm³/mol. The Labute approximate surface area is 96.3 Å². The van der Waals surface area contributed by atoms with Gasteiger partial charge in [-0.1, -0.05) is 0 Å². The number of thiocarbonyl (C=S) groups is 1. The largest absolute Gasteiger partial charge is 0.421 e. The molecule has 0 saturated heterocycles. The van der Waals surface area contributed by atoms with E-state index in [9.17, 15) is 0 Å². The molecule has 0 radical (unpaired) electrons. The Morgan fingerprint density at radius 3 is 2.36 bits per heavy atom. The number of rotatable bonds is 3. The first-order valence-electron chi connectivity index (χ1n) is 4.78. The van der Waals surface area contributed by atoms with Crippen molar-refractivity contribution >= 4 is 29.0 Å². The lowest BCUT2D eigenvalue weighted by Crippen LogP contribution is -2.41. The molecule has 0 aromatic carbocycles. The molecule has 1 aromatic rings. The van der Waals surface area contributed by atoms with E-state index in [1.54, 1.807) is 0 Å². The molecule has 0 spiro atoms. The van der Waals surface area contributed by atoms with Gasteiger partial charge in [0, 0.05) is 0 Å². The molecule has 0 saturated carbocycles. The van der Waals surface area contributed by atoms with Crippen molar-refractivity contribution in [3.63, 3.8) is 0 Å². The maximum absolute atomic E-state index is 5.10. The van der Waals surface area contributed by atoms with Crippen LogP contribution in [0.25, 0.3) is 0 Å². The van der Waals surface area contributed by atoms with Crippen LogP contribution in [0.4, 0.5) is 0 Å². The van der Waals surface area contributed by atoms with E-state index in [-0.39, 0.29) is 0 Å². The lowest BCUT2D eigenvalue weighted by Gasteiger charge is -2.11. The fraction of sp³-hybridized carbons (Fsp3) is 0.600. The summed E-state index contributed by atoms with van der Waals surface area (Å²) < 4.78 is 4.78. The minimum Gasteiger partial charge on any atom is -0.421 e. The molecule has 0 aliphatic heterocycles. The summed E-state index contributed by atoms with van der Waals surface area (Å²) in [7, 11) is 0. The highest BCUT2D eigenvalue weighted by Crippen LogP contribution is 2.09. The molecule has 78 valence electrons. The van der Waals surface area contributed by atoms with Gasteiger partial charge in [-0.2, -0.15) is 0 Å². The van der Waals surface area contributed by atoms with Crippen LogP contribution in [0.1, 0.15) is 45.6 Å². The van der Waals surface area contributed by atoms with E-state index in [1.807, 2.05) is 12.4 Å². The zero-order valence-corrected chi connectivity index (χ0v) is 10.7. The minimum absolute atomic E-state index is 0.394. The molecule has 14 heavy (non-hydrogen) atoms. The van der Waals surface area contributed by atoms with Gasteiger partial charge in [-0.15, -0.1) is 0 Å². The van der Waals surface area contributed by atoms with Crippen molar-refractivity contribution in [1.82, 2.24) is 4.57 Å². The van der Waals surface area contributed by atoms with E-state index in [2.05, 4.69) is 36.8 Å². The van der Waals surface area contributed by atoms with Crippen molar-refractivity contribution in [2.75, 3.05) is 0 Å². The van der Waals surface area contributed by atoms with Crippen molar-refractivity contribution < 1.29 is 4.57 Å². The summed E-state index contributed by atoms with van der Waals surface area (Å²) in [6.45, 7) is 8.51. The zero-order valence-electron chi connectivity index (χ0n) is 9.02. The topological polar surface area (TPSA) is 8.81 Å². The van der Waals surface area contributed by atoms with Gasteiger partial charge in [0.25, 0.3) is 5.82 Å². The first-order valence-corrected chi connectivity index (χ1v) is 5.60. The molecule has 0 aliphatic rings. The Kier molecular flexibility index (Phi) is 3.61. The fourth-order valence-electron chi connectivity index (χ4n) is 1.46. The summed E-state index contributed by atoms with van der Waals surface area (Å²) in [6, 6.07) is 0.789. The molecule has 0 unspecified atom stereocenters. The molecule has 1 rings (SSSR count). The normalized spacial score (nSPS) is 11.3. The highest BCUT2D eigenvalue weighted by atomic mass is 32.1. The first kappa shape index (κ1) is 11.6. The molecule has 0 amide bonds. The lowest BCUT2D eigenvalue weighted by molar-refractivity contribution is -0.716. The second kappa shape index (κ2) is 4.36. The molecule has 0 fully saturated rings. The van der Waals surface area contributed by atoms with E-state index in [4.69, 9.17) is 24.8 Å². The molecular formula is C10H16N2S2. The molecule has 0 aliphatic carbocycles. The summed E-state index contributed by atoms with van der Waals surface area (Å²) in [4.78, 5) is 0. The van der Waals surface area contributed by atoms with Crippen molar-refractivity contribution in [2.45, 2.75) is 39.8 Å². The van der Waals surface area contributed by atoms with Crippen LogP contribution in [0, 0.1) is 0 Å². The molecule has 0 atom stereocenters. The standard InChI is InChI=1S/C10H16N2S2/c1-7(2)11-5-6-12(8(3)4)9(11)10(13)14/h5-8H,1-4H3. The molecular weight excluding hydrogens is 212 g/mol. The third kappa shape index (κ3) is 2.12. The third-order valence-electron chi connectivity index (χ3n) is 2.17. The summed E-state index contributed by atoms with van der Waals surface area (Å²) in [5.74, 6) is 0.972. The van der Waals surface area contributed by atoms with Crippen LogP contribution < -0.4 is 4.57 Å². The SMILES string of the molecule is CC(C)n1cc[n+](C(C)C)c1C(=S)[S-]. The zero-order chi connectivity index (χ0) is 10.9. The van der Waals surface area contributed by atoms with Gasteiger partial charge in [-0.05, 0) is 31.9 Å². The van der Waals surface area contributed by atoms with Gasteiger partial charge in [-0.3, -0.25) is 0 Å². The number of hydrogen-bond donors (Lipinski definition) is 0. The van der Waals surface area contributed by atoms with Crippen molar-refractivity contribution in [3.05, 3.63) is 18.2 Å². The Morgan fingerprint density at radius 1 is 1.43 bits per heavy atom. The number of imidazole rings is 1. The third-order valence-corrected chi connectivity index (χ3v) is 2.54. The summed E-state index contributed by atoms with van der Waals surface area (Å²) in [5.41, 5.74) is 0. The van der Waals surface area contributed by atoms with Gasteiger partial charge in [0.1, 0.15) is 12.4 Å². The Balaban J connectivity index is 3.28. The smallest absolute Gasteiger partial charge is 0.269 e. The molecule has 0 N–H and O–H groups in total. The van der Waals surface area contributed by atoms with Crippen LogP contribution in [0.5, 0.6) is 0 Å². The Hall–Kier alpha value is -0.480. The average molecular weight is 228 g/mol. The van der Waals surface area contributed by atoms with Crippen LogP contribution in [0.3, 0.4) is 0 Å². The van der Waals surface area contributed by atoms with Crippen LogP contribution in [-0.2, 0) is 12.6 Å². The summed E-state index contributed by atoms with van der Waals surface area (Å²) in [5, 5.41) is 0. The van der Waals surface area contributed by atoms with E-state index in [1.165, 1.54) is 0 Å². The number of aromatic nitrogens is 2. The highest BCUT2D eigenvalue weighted by molar-refractivity contribution is 8.01. The molecule has 1 aromatic heterocycles. The van der Waals surface area contributed by atoms with E-state index < -0.39 is 0 Å². The maximum atomic E-state index is 5.10. The second-order valence-electron chi connectivity index (χ2n) is 3.91. The quantitative estimate of drug-likeness (QED) is 0.445. The van der Waals surface area contributed by atoms with Gasteiger partial charge in [0.05, 0.1) is 12.1 Å². The van der Waals surface area contributed by atoms with Gasteiger partial charge in [0.15, 0.2) is 0 Å². The summed E-state index contributed by atoms with van der Waals surface area (Å²) >= 11 is 10.2. The van der Waals surface area contributed by atoms with Gasteiger partial charge < -0.3 is 24.8 Å². The average Bonchev–Trinajstić information content (AvgIpc) is 2.46. The Morgan fingerprint density at radius 2 is 2.00 bits per heavy atom. The number of nitrogens with zero attached hydrogens (tertiary/aromatic N) is 2. The van der Waals surface area contributed by atoms with Crippen molar-refractivity contribution in [2.24, 2.45) is 0 Å². The van der Waals surface area contributed by atoms with E-state index in [0.29, 0.717) is 16.3 Å². The first-order chi connectivity index (χ1) is 6.45. The van der Waals surface area contributed by atoms with Gasteiger partial charge in [0.2, 0.25) is 0 Å². The predicted octanol–water partition coefficient (Wildman–Crippen LogP) is 2.16. The Bertz CT molecular complexity index is 314. The molecule has 2 nitrogen and oxygen atoms in total. The van der Waals surface area contributed by atoms with Crippen LogP contribution in [-0.4, -0.2) is 8.76 Å². The summed E-state index contributed by atoms with van der Waals surface area (Å²) in [6.07, 6.45) is 4.08. The number of hydrogen-bond acceptors (Lipinski definition) is 2. The highest BCUT2D eigenvalue weighted by Gasteiger charge is 2.19. The lowest BCUT2D eigenvalue weighted by atomic mass is 10.3. The van der Waals surface area contributed by atoms with Crippen LogP contribution in [0.15, 0.2) is 12.4 Å². The second-order valence-corrected chi connectivity index (χ2v) is 4.99. The van der Waals surface area contributed by atoms with Crippen molar-refractivity contribution in [1.29, 1.82) is 0 Å². The van der Waals surface area contributed by atoms with Gasteiger partial charge >= 0.3 is 0 Å². The monoisotopic (exact) mass is 228 g/mol. The molecule has 1 heterocycles. The minimum atomic E-state index is 0.394. The van der Waals surface area contributed by atoms with E-state index >= 15 is 0 Å². The van der Waals surface area contributed by atoms with Gasteiger partial charge in [-0.25, -0.2) is 9.13 Å². The van der Waals surface area contributed by atoms with Crippen LogP contribution in [0.2, 0.25) is 0 Å². The fourth-order valence-corrected chi connectivity index (χ4v) is 1.88. The van der Waals surface area contributed by atoms with Crippen molar-refractivity contribution in [3.8, 4) is 0 Å². The maximum Gasteiger partial charge on any atom is 0.269 e.